The monoisotopic (exact) mass is 200 g/mol. The molecule has 0 aromatic carbocycles. The minimum Gasteiger partial charge on any atom is -0.382 e. The second-order valence-electron chi connectivity index (χ2n) is 4.82. The van der Waals surface area contributed by atoms with Crippen molar-refractivity contribution in [1.29, 1.82) is 0 Å². The van der Waals surface area contributed by atoms with Gasteiger partial charge in [-0.1, -0.05) is 6.92 Å². The van der Waals surface area contributed by atoms with Gasteiger partial charge < -0.3 is 14.9 Å². The maximum Gasteiger partial charge on any atom is 0.172 e. The molecule has 1 aliphatic heterocycles. The van der Waals surface area contributed by atoms with Gasteiger partial charge in [-0.15, -0.1) is 0 Å². The molecule has 4 nitrogen and oxygen atoms in total. The molecule has 0 amide bonds. The Labute approximate surface area is 82.9 Å². The van der Waals surface area contributed by atoms with Crippen molar-refractivity contribution in [1.82, 2.24) is 0 Å². The Morgan fingerprint density at radius 3 is 2.79 bits per heavy atom. The minimum absolute atomic E-state index is 0.00611. The van der Waals surface area contributed by atoms with Crippen molar-refractivity contribution >= 4 is 5.78 Å². The average Bonchev–Trinajstić information content (AvgIpc) is 2.30. The van der Waals surface area contributed by atoms with Crippen LogP contribution < -0.4 is 0 Å². The highest BCUT2D eigenvalue weighted by Crippen LogP contribution is 2.46. The van der Waals surface area contributed by atoms with Crippen LogP contribution in [0.4, 0.5) is 0 Å². The Bertz CT molecular complexity index is 273. The Morgan fingerprint density at radius 1 is 1.50 bits per heavy atom. The minimum atomic E-state index is -1.44. The van der Waals surface area contributed by atoms with Crippen LogP contribution in [-0.2, 0) is 9.53 Å². The Balaban J connectivity index is 2.27. The topological polar surface area (TPSA) is 66.8 Å². The van der Waals surface area contributed by atoms with Crippen LogP contribution in [0.15, 0.2) is 0 Å². The molecule has 0 aromatic heterocycles. The van der Waals surface area contributed by atoms with E-state index in [-0.39, 0.29) is 30.5 Å². The van der Waals surface area contributed by atoms with Gasteiger partial charge in [-0.2, -0.15) is 0 Å². The molecule has 80 valence electrons. The van der Waals surface area contributed by atoms with Crippen LogP contribution in [0.2, 0.25) is 0 Å². The van der Waals surface area contributed by atoms with Crippen molar-refractivity contribution in [3.8, 4) is 0 Å². The van der Waals surface area contributed by atoms with E-state index in [9.17, 15) is 15.0 Å². The van der Waals surface area contributed by atoms with Crippen molar-refractivity contribution in [2.75, 3.05) is 6.61 Å². The predicted octanol–water partition coefficient (Wildman–Crippen LogP) is 0.0714. The third kappa shape index (κ3) is 1.29. The number of Topliss-reactive ketones (excluding diaryl/α,β-unsaturated/α-hetero) is 1. The summed E-state index contributed by atoms with van der Waals surface area (Å²) in [6.07, 6.45) is 0.207. The van der Waals surface area contributed by atoms with E-state index in [0.717, 1.165) is 0 Å². The molecule has 14 heavy (non-hydrogen) atoms. The lowest BCUT2D eigenvalue weighted by molar-refractivity contribution is -0.236. The molecule has 1 aliphatic carbocycles. The van der Waals surface area contributed by atoms with Crippen molar-refractivity contribution in [3.63, 3.8) is 0 Å². The first-order valence-electron chi connectivity index (χ1n) is 4.97. The smallest absolute Gasteiger partial charge is 0.172 e. The van der Waals surface area contributed by atoms with Gasteiger partial charge >= 0.3 is 0 Å². The van der Waals surface area contributed by atoms with E-state index < -0.39 is 11.4 Å². The van der Waals surface area contributed by atoms with Crippen molar-refractivity contribution in [2.45, 2.75) is 38.1 Å². The van der Waals surface area contributed by atoms with E-state index in [0.29, 0.717) is 6.61 Å². The number of ether oxygens (including phenoxy) is 1. The van der Waals surface area contributed by atoms with Crippen molar-refractivity contribution < 1.29 is 19.7 Å². The number of fused-ring (bicyclic) bond motifs is 1. The third-order valence-electron chi connectivity index (χ3n) is 3.47. The molecule has 0 spiro atoms. The number of hydrogen-bond donors (Lipinski definition) is 2. The normalized spacial score (nSPS) is 53.3. The number of hydrogen-bond acceptors (Lipinski definition) is 4. The summed E-state index contributed by atoms with van der Waals surface area (Å²) in [7, 11) is 0. The summed E-state index contributed by atoms with van der Waals surface area (Å²) < 4.78 is 5.28. The first kappa shape index (κ1) is 10.1. The molecule has 4 heteroatoms. The van der Waals surface area contributed by atoms with Gasteiger partial charge in [0.25, 0.3) is 0 Å². The highest BCUT2D eigenvalue weighted by atomic mass is 16.6. The molecule has 2 aliphatic rings. The molecule has 4 atom stereocenters. The van der Waals surface area contributed by atoms with Gasteiger partial charge in [0.15, 0.2) is 11.6 Å². The summed E-state index contributed by atoms with van der Waals surface area (Å²) in [5.74, 6) is -1.46. The van der Waals surface area contributed by atoms with Gasteiger partial charge in [0.1, 0.15) is 5.60 Å². The van der Waals surface area contributed by atoms with Crippen molar-refractivity contribution in [3.05, 3.63) is 0 Å². The van der Waals surface area contributed by atoms with Gasteiger partial charge in [-0.25, -0.2) is 0 Å². The summed E-state index contributed by atoms with van der Waals surface area (Å²) in [6.45, 7) is 3.86. The summed E-state index contributed by atoms with van der Waals surface area (Å²) in [6, 6.07) is 0. The number of aliphatic hydroxyl groups is 2. The highest BCUT2D eigenvalue weighted by Gasteiger charge is 2.57. The van der Waals surface area contributed by atoms with Crippen LogP contribution in [0.1, 0.15) is 26.7 Å². The van der Waals surface area contributed by atoms with Gasteiger partial charge in [0.05, 0.1) is 6.61 Å². The molecular formula is C10H16O4. The van der Waals surface area contributed by atoms with Gasteiger partial charge in [0.2, 0.25) is 0 Å². The Morgan fingerprint density at radius 2 is 2.14 bits per heavy atom. The molecule has 0 radical (unpaired) electrons. The van der Waals surface area contributed by atoms with Crippen LogP contribution in [0.25, 0.3) is 0 Å². The zero-order valence-corrected chi connectivity index (χ0v) is 8.49. The van der Waals surface area contributed by atoms with E-state index in [1.807, 2.05) is 6.92 Å². The molecule has 1 saturated heterocycles. The predicted molar refractivity (Wildman–Crippen MR) is 48.4 cm³/mol. The highest BCUT2D eigenvalue weighted by molar-refractivity contribution is 5.88. The standard InChI is InChI=1S/C10H16O4/c1-6-4-14-10(13)5-9(2,12)8(11)3-7(6)10/h6-7,12-13H,3-5H2,1-2H3. The summed E-state index contributed by atoms with van der Waals surface area (Å²) in [4.78, 5) is 11.5. The second-order valence-corrected chi connectivity index (χ2v) is 4.82. The van der Waals surface area contributed by atoms with E-state index in [2.05, 4.69) is 0 Å². The Hall–Kier alpha value is -0.450. The van der Waals surface area contributed by atoms with Gasteiger partial charge in [0, 0.05) is 18.8 Å². The summed E-state index contributed by atoms with van der Waals surface area (Å²) in [5, 5.41) is 19.9. The largest absolute Gasteiger partial charge is 0.382 e. The van der Waals surface area contributed by atoms with Crippen LogP contribution in [0.5, 0.6) is 0 Å². The molecule has 0 aromatic rings. The van der Waals surface area contributed by atoms with Gasteiger partial charge in [-0.05, 0) is 12.8 Å². The van der Waals surface area contributed by atoms with Crippen LogP contribution in [-0.4, -0.2) is 34.0 Å². The van der Waals surface area contributed by atoms with E-state index in [1.54, 1.807) is 0 Å². The maximum absolute atomic E-state index is 11.5. The number of ketones is 1. The SMILES string of the molecule is CC1COC2(O)CC(C)(O)C(=O)CC12. The fourth-order valence-electron chi connectivity index (χ4n) is 2.50. The lowest BCUT2D eigenvalue weighted by atomic mass is 9.71. The van der Waals surface area contributed by atoms with E-state index in [1.165, 1.54) is 6.92 Å². The van der Waals surface area contributed by atoms with Crippen LogP contribution in [0.3, 0.4) is 0 Å². The fraction of sp³-hybridized carbons (Fsp3) is 0.900. The molecule has 2 rings (SSSR count). The summed E-state index contributed by atoms with van der Waals surface area (Å²) >= 11 is 0. The zero-order chi connectivity index (χ0) is 10.6. The molecule has 2 fully saturated rings. The fourth-order valence-corrected chi connectivity index (χ4v) is 2.50. The molecule has 1 saturated carbocycles. The lowest BCUT2D eigenvalue weighted by Crippen LogP contribution is -2.54. The molecule has 1 heterocycles. The lowest BCUT2D eigenvalue weighted by Gasteiger charge is -2.40. The quantitative estimate of drug-likeness (QED) is 0.580. The molecule has 2 N–H and O–H groups in total. The Kier molecular flexibility index (Phi) is 2.00. The number of rotatable bonds is 0. The molecule has 4 unspecified atom stereocenters. The average molecular weight is 200 g/mol. The van der Waals surface area contributed by atoms with E-state index >= 15 is 0 Å². The van der Waals surface area contributed by atoms with Crippen molar-refractivity contribution in [2.24, 2.45) is 11.8 Å². The molecular weight excluding hydrogens is 184 g/mol. The number of carbonyl (C=O) groups is 1. The first-order chi connectivity index (χ1) is 6.35. The molecule has 0 bridgehead atoms. The van der Waals surface area contributed by atoms with Crippen LogP contribution >= 0.6 is 0 Å². The van der Waals surface area contributed by atoms with E-state index in [4.69, 9.17) is 4.74 Å². The maximum atomic E-state index is 11.5. The first-order valence-corrected chi connectivity index (χ1v) is 4.97. The van der Waals surface area contributed by atoms with Crippen LogP contribution in [0, 0.1) is 11.8 Å². The zero-order valence-electron chi connectivity index (χ0n) is 8.49. The summed E-state index contributed by atoms with van der Waals surface area (Å²) in [5.41, 5.74) is -1.44. The second kappa shape index (κ2) is 2.78. The number of carbonyl (C=O) groups excluding carboxylic acids is 1. The van der Waals surface area contributed by atoms with Gasteiger partial charge in [-0.3, -0.25) is 4.79 Å². The third-order valence-corrected chi connectivity index (χ3v) is 3.47.